The lowest BCUT2D eigenvalue weighted by Gasteiger charge is -2.28. The van der Waals surface area contributed by atoms with Crippen LogP contribution in [0.2, 0.25) is 0 Å². The summed E-state index contributed by atoms with van der Waals surface area (Å²) in [4.78, 5) is 12.9. The molecule has 0 radical (unpaired) electrons. The van der Waals surface area contributed by atoms with Gasteiger partial charge in [0.15, 0.2) is 0 Å². The fraction of sp³-hybridized carbons (Fsp3) is 0.696. The van der Waals surface area contributed by atoms with Crippen LogP contribution in [-0.4, -0.2) is 58.1 Å². The van der Waals surface area contributed by atoms with Gasteiger partial charge in [0.25, 0.3) is 5.91 Å². The molecular weight excluding hydrogens is 416 g/mol. The normalized spacial score (nSPS) is 23.2. The second kappa shape index (κ2) is 11.3. The van der Waals surface area contributed by atoms with Gasteiger partial charge in [-0.05, 0) is 49.8 Å². The lowest BCUT2D eigenvalue weighted by Crippen LogP contribution is -2.33. The molecule has 1 N–H and O–H groups in total. The zero-order valence-corrected chi connectivity index (χ0v) is 19.6. The zero-order chi connectivity index (χ0) is 22.3. The fourth-order valence-electron chi connectivity index (χ4n) is 4.46. The molecule has 31 heavy (non-hydrogen) atoms. The first-order valence-electron chi connectivity index (χ1n) is 11.5. The first-order valence-corrected chi connectivity index (χ1v) is 13.0. The van der Waals surface area contributed by atoms with Crippen molar-refractivity contribution < 1.29 is 22.7 Å². The van der Waals surface area contributed by atoms with E-state index in [4.69, 9.17) is 9.47 Å². The largest absolute Gasteiger partial charge is 0.496 e. The molecular formula is C23H36N2O5S. The van der Waals surface area contributed by atoms with Gasteiger partial charge in [0, 0.05) is 19.6 Å². The maximum absolute atomic E-state index is 13.1. The summed E-state index contributed by atoms with van der Waals surface area (Å²) < 4.78 is 39.0. The van der Waals surface area contributed by atoms with Gasteiger partial charge in [-0.2, -0.15) is 4.31 Å². The molecule has 2 aliphatic rings. The maximum atomic E-state index is 13.1. The van der Waals surface area contributed by atoms with E-state index in [1.807, 2.05) is 0 Å². The number of carbonyl (C=O) groups excluding carboxylic acids is 1. The number of amides is 1. The minimum atomic E-state index is -3.64. The van der Waals surface area contributed by atoms with Crippen LogP contribution in [0.15, 0.2) is 23.1 Å². The summed E-state index contributed by atoms with van der Waals surface area (Å²) in [5.41, 5.74) is 0.226. The number of nitrogens with zero attached hydrogens (tertiary/aromatic N) is 1. The summed E-state index contributed by atoms with van der Waals surface area (Å²) in [6.07, 6.45) is 8.78. The molecule has 1 saturated carbocycles. The van der Waals surface area contributed by atoms with Gasteiger partial charge in [-0.15, -0.1) is 0 Å². The molecule has 1 aliphatic heterocycles. The average Bonchev–Trinajstić information content (AvgIpc) is 3.07. The number of sulfonamides is 1. The number of ether oxygens (including phenoxy) is 2. The third-order valence-electron chi connectivity index (χ3n) is 6.37. The highest BCUT2D eigenvalue weighted by Crippen LogP contribution is 2.27. The summed E-state index contributed by atoms with van der Waals surface area (Å²) >= 11 is 0. The van der Waals surface area contributed by atoms with Crippen molar-refractivity contribution in [1.29, 1.82) is 0 Å². The van der Waals surface area contributed by atoms with Gasteiger partial charge in [0.05, 0.1) is 30.3 Å². The fourth-order valence-corrected chi connectivity index (χ4v) is 6.00. The van der Waals surface area contributed by atoms with E-state index in [0.717, 1.165) is 32.1 Å². The van der Waals surface area contributed by atoms with Crippen molar-refractivity contribution in [3.63, 3.8) is 0 Å². The Morgan fingerprint density at radius 3 is 2.48 bits per heavy atom. The smallest absolute Gasteiger partial charge is 0.255 e. The molecule has 3 rings (SSSR count). The second-order valence-electron chi connectivity index (χ2n) is 8.61. The van der Waals surface area contributed by atoms with Crippen LogP contribution in [-0.2, 0) is 14.8 Å². The molecule has 7 nitrogen and oxygen atoms in total. The molecule has 0 spiro atoms. The van der Waals surface area contributed by atoms with Crippen molar-refractivity contribution in [3.05, 3.63) is 23.8 Å². The van der Waals surface area contributed by atoms with E-state index < -0.39 is 10.0 Å². The number of carbonyl (C=O) groups is 1. The Hall–Kier alpha value is -1.64. The monoisotopic (exact) mass is 452 g/mol. The van der Waals surface area contributed by atoms with Crippen LogP contribution in [0, 0.1) is 5.92 Å². The number of rotatable bonds is 8. The predicted octanol–water partition coefficient (Wildman–Crippen LogP) is 3.59. The molecule has 1 aromatic carbocycles. The highest BCUT2D eigenvalue weighted by molar-refractivity contribution is 7.89. The third-order valence-corrected chi connectivity index (χ3v) is 8.27. The molecule has 1 aliphatic carbocycles. The molecule has 2 unspecified atom stereocenters. The van der Waals surface area contributed by atoms with E-state index in [1.54, 1.807) is 6.07 Å². The van der Waals surface area contributed by atoms with Crippen LogP contribution in [0.5, 0.6) is 5.75 Å². The van der Waals surface area contributed by atoms with Crippen molar-refractivity contribution in [3.8, 4) is 5.75 Å². The maximum Gasteiger partial charge on any atom is 0.255 e. The van der Waals surface area contributed by atoms with Crippen LogP contribution >= 0.6 is 0 Å². The zero-order valence-electron chi connectivity index (χ0n) is 18.8. The van der Waals surface area contributed by atoms with Crippen molar-refractivity contribution in [2.45, 2.75) is 69.3 Å². The van der Waals surface area contributed by atoms with Crippen LogP contribution < -0.4 is 10.1 Å². The number of hydrogen-bond acceptors (Lipinski definition) is 5. The standard InChI is InChI=1S/C23H36N2O5S/c1-18-9-5-6-10-21(18)30-16-13-24-23(26)20-17-19(11-12-22(20)29-2)31(27,28)25-14-7-3-4-8-15-25/h11-12,17-18,21H,3-10,13-16H2,1-2H3,(H,24,26). The summed E-state index contributed by atoms with van der Waals surface area (Å²) in [7, 11) is -2.16. The summed E-state index contributed by atoms with van der Waals surface area (Å²) in [6, 6.07) is 4.50. The first kappa shape index (κ1) is 24.0. The third kappa shape index (κ3) is 6.20. The second-order valence-corrected chi connectivity index (χ2v) is 10.5. The van der Waals surface area contributed by atoms with E-state index in [0.29, 0.717) is 37.9 Å². The highest BCUT2D eigenvalue weighted by atomic mass is 32.2. The summed E-state index contributed by atoms with van der Waals surface area (Å²) in [5.74, 6) is 0.546. The average molecular weight is 453 g/mol. The quantitative estimate of drug-likeness (QED) is 0.610. The van der Waals surface area contributed by atoms with Crippen LogP contribution in [0.1, 0.15) is 68.6 Å². The molecule has 1 aromatic rings. The summed E-state index contributed by atoms with van der Waals surface area (Å²) in [5, 5.41) is 2.84. The van der Waals surface area contributed by atoms with Crippen LogP contribution in [0.3, 0.4) is 0 Å². The molecule has 8 heteroatoms. The molecule has 1 saturated heterocycles. The molecule has 1 amide bonds. The van der Waals surface area contributed by atoms with Gasteiger partial charge >= 0.3 is 0 Å². The minimum Gasteiger partial charge on any atom is -0.496 e. The Bertz CT molecular complexity index is 834. The molecule has 174 valence electrons. The SMILES string of the molecule is COc1ccc(S(=O)(=O)N2CCCCCC2)cc1C(=O)NCCOC1CCCCC1C. The first-order chi connectivity index (χ1) is 14.9. The number of hydrogen-bond donors (Lipinski definition) is 1. The van der Waals surface area contributed by atoms with Gasteiger partial charge in [0.1, 0.15) is 5.75 Å². The van der Waals surface area contributed by atoms with E-state index >= 15 is 0 Å². The van der Waals surface area contributed by atoms with Crippen molar-refractivity contribution in [1.82, 2.24) is 9.62 Å². The van der Waals surface area contributed by atoms with Gasteiger partial charge in [-0.1, -0.05) is 32.6 Å². The Kier molecular flexibility index (Phi) is 8.75. The van der Waals surface area contributed by atoms with Crippen molar-refractivity contribution in [2.24, 2.45) is 5.92 Å². The number of methoxy groups -OCH3 is 1. The van der Waals surface area contributed by atoms with E-state index in [2.05, 4.69) is 12.2 Å². The van der Waals surface area contributed by atoms with Gasteiger partial charge in [-0.3, -0.25) is 4.79 Å². The minimum absolute atomic E-state index is 0.132. The molecule has 0 bridgehead atoms. The lowest BCUT2D eigenvalue weighted by atomic mass is 9.88. The summed E-state index contributed by atoms with van der Waals surface area (Å²) in [6.45, 7) is 4.06. The van der Waals surface area contributed by atoms with Gasteiger partial charge < -0.3 is 14.8 Å². The van der Waals surface area contributed by atoms with Crippen LogP contribution in [0.4, 0.5) is 0 Å². The van der Waals surface area contributed by atoms with E-state index in [9.17, 15) is 13.2 Å². The molecule has 1 heterocycles. The van der Waals surface area contributed by atoms with Crippen LogP contribution in [0.25, 0.3) is 0 Å². The topological polar surface area (TPSA) is 84.9 Å². The predicted molar refractivity (Wildman–Crippen MR) is 120 cm³/mol. The van der Waals surface area contributed by atoms with E-state index in [1.165, 1.54) is 42.8 Å². The van der Waals surface area contributed by atoms with E-state index in [-0.39, 0.29) is 22.5 Å². The lowest BCUT2D eigenvalue weighted by molar-refractivity contribution is -0.00294. The Balaban J connectivity index is 1.64. The highest BCUT2D eigenvalue weighted by Gasteiger charge is 2.27. The Morgan fingerprint density at radius 1 is 1.10 bits per heavy atom. The molecule has 2 atom stereocenters. The molecule has 0 aromatic heterocycles. The van der Waals surface area contributed by atoms with Crippen molar-refractivity contribution in [2.75, 3.05) is 33.4 Å². The molecule has 2 fully saturated rings. The van der Waals surface area contributed by atoms with Crippen molar-refractivity contribution >= 4 is 15.9 Å². The Morgan fingerprint density at radius 2 is 1.81 bits per heavy atom. The van der Waals surface area contributed by atoms with Gasteiger partial charge in [0.2, 0.25) is 10.0 Å². The number of nitrogens with one attached hydrogen (secondary N) is 1. The Labute approximate surface area is 186 Å². The number of benzene rings is 1. The van der Waals surface area contributed by atoms with Gasteiger partial charge in [-0.25, -0.2) is 8.42 Å².